The molecular formula is C51H100O7Si3. The second-order valence-corrected chi connectivity index (χ2v) is 38.0. The van der Waals surface area contributed by atoms with E-state index in [-0.39, 0.29) is 6.61 Å². The molecule has 1 N–H and O–H groups in total. The van der Waals surface area contributed by atoms with Crippen molar-refractivity contribution in [3.8, 4) is 11.5 Å². The predicted molar refractivity (Wildman–Crippen MR) is 269 cm³/mol. The molecule has 10 heteroatoms. The zero-order valence-corrected chi connectivity index (χ0v) is 46.4. The lowest BCUT2D eigenvalue weighted by molar-refractivity contribution is -0.124. The van der Waals surface area contributed by atoms with Crippen molar-refractivity contribution in [2.45, 2.75) is 245 Å². The molecule has 0 aliphatic carbocycles. The molecule has 1 rings (SSSR count). The lowest BCUT2D eigenvalue weighted by Gasteiger charge is -2.49. The third-order valence-corrected chi connectivity index (χ3v) is 32.8. The lowest BCUT2D eigenvalue weighted by Crippen LogP contribution is -2.56. The molecule has 0 fully saturated rings. The van der Waals surface area contributed by atoms with Gasteiger partial charge in [0.05, 0.1) is 20.3 Å². The first kappa shape index (κ1) is 58.0. The number of rotatable bonds is 34. The van der Waals surface area contributed by atoms with Crippen LogP contribution in [-0.4, -0.2) is 69.4 Å². The van der Waals surface area contributed by atoms with Gasteiger partial charge in [-0.2, -0.15) is 0 Å². The topological polar surface area (TPSA) is 83.5 Å². The largest absolute Gasteiger partial charge is 0.497 e. The lowest BCUT2D eigenvalue weighted by atomic mass is 9.84. The van der Waals surface area contributed by atoms with Gasteiger partial charge in [-0.05, 0) is 74.8 Å². The summed E-state index contributed by atoms with van der Waals surface area (Å²) >= 11 is 0. The minimum Gasteiger partial charge on any atom is -0.497 e. The molecule has 0 atom stereocenters. The molecule has 0 spiro atoms. The molecule has 1 aromatic rings. The molecule has 0 aliphatic heterocycles. The zero-order valence-electron chi connectivity index (χ0n) is 43.4. The summed E-state index contributed by atoms with van der Waals surface area (Å²) in [4.78, 5) is 14.5. The molecule has 0 unspecified atom stereocenters. The summed E-state index contributed by atoms with van der Waals surface area (Å²) in [6.07, 6.45) is 9.83. The fourth-order valence-corrected chi connectivity index (χ4v) is 28.4. The Kier molecular flexibility index (Phi) is 26.1. The molecule has 0 bridgehead atoms. The molecular weight excluding hydrogens is 809 g/mol. The van der Waals surface area contributed by atoms with E-state index in [4.69, 9.17) is 22.8 Å². The zero-order chi connectivity index (χ0) is 46.8. The van der Waals surface area contributed by atoms with Crippen molar-refractivity contribution in [2.24, 2.45) is 5.41 Å². The number of unbranched alkanes of at least 4 members (excludes halogenated alkanes) is 7. The fraction of sp³-hybridized carbons (Fsp3) is 0.863. The summed E-state index contributed by atoms with van der Waals surface area (Å²) in [6.45, 7) is 44.7. The Morgan fingerprint density at radius 1 is 0.541 bits per heavy atom. The van der Waals surface area contributed by atoms with Gasteiger partial charge >= 0.3 is 0 Å². The Labute approximate surface area is 381 Å². The van der Waals surface area contributed by atoms with Crippen LogP contribution in [0.2, 0.25) is 49.9 Å². The smallest absolute Gasteiger partial charge is 0.200 e. The number of Topliss-reactive ketones (excluding diaryl/α,β-unsaturated/α-hetero) is 1. The average Bonchev–Trinajstić information content (AvgIpc) is 3.16. The number of aliphatic hydroxyl groups is 1. The Morgan fingerprint density at radius 3 is 1.21 bits per heavy atom. The average molecular weight is 910 g/mol. The van der Waals surface area contributed by atoms with Crippen LogP contribution in [-0.2, 0) is 24.7 Å². The highest BCUT2D eigenvalue weighted by Gasteiger charge is 2.52. The highest BCUT2D eigenvalue weighted by atomic mass is 28.4. The normalized spacial score (nSPS) is 13.5. The van der Waals surface area contributed by atoms with Gasteiger partial charge in [0, 0.05) is 49.7 Å². The number of benzene rings is 1. The summed E-state index contributed by atoms with van der Waals surface area (Å²) in [6, 6.07) is 5.55. The van der Waals surface area contributed by atoms with E-state index in [0.29, 0.717) is 101 Å². The molecule has 0 aromatic heterocycles. The number of hydrogen-bond acceptors (Lipinski definition) is 7. The van der Waals surface area contributed by atoms with Gasteiger partial charge in [0.25, 0.3) is 0 Å². The Balaban J connectivity index is 3.28. The summed E-state index contributed by atoms with van der Waals surface area (Å²) in [5, 5.41) is 9.67. The number of hydrogen-bond donors (Lipinski definition) is 1. The van der Waals surface area contributed by atoms with Crippen LogP contribution in [0, 0.1) is 5.41 Å². The van der Waals surface area contributed by atoms with Gasteiger partial charge in [0.2, 0.25) is 0 Å². The van der Waals surface area contributed by atoms with Crippen molar-refractivity contribution in [3.63, 3.8) is 0 Å². The van der Waals surface area contributed by atoms with Crippen molar-refractivity contribution in [1.29, 1.82) is 0 Å². The molecule has 0 aliphatic rings. The summed E-state index contributed by atoms with van der Waals surface area (Å²) in [5.41, 5.74) is 4.23. The minimum atomic E-state index is -2.27. The minimum absolute atomic E-state index is 0.0478. The van der Waals surface area contributed by atoms with Crippen LogP contribution in [0.3, 0.4) is 0 Å². The maximum absolute atomic E-state index is 14.5. The SMILES string of the molecule is COc1ccc(CO)c(OCCCCCCCCCCC(=O)CC(CO[Si](C(C)C)(C(C)C)C(C)C)(CO[Si](C(C)C)(C(C)C)C(C)C)CO[Si](C(C)C)(C(C)C)C(C)C)c1. The monoisotopic (exact) mass is 909 g/mol. The van der Waals surface area contributed by atoms with Crippen molar-refractivity contribution < 1.29 is 32.7 Å². The summed E-state index contributed by atoms with van der Waals surface area (Å²) in [5.74, 6) is 1.77. The molecule has 0 radical (unpaired) electrons. The van der Waals surface area contributed by atoms with Crippen LogP contribution < -0.4 is 9.47 Å². The third kappa shape index (κ3) is 15.8. The second-order valence-electron chi connectivity index (χ2n) is 21.6. The van der Waals surface area contributed by atoms with Crippen molar-refractivity contribution >= 4 is 30.7 Å². The third-order valence-electron chi connectivity index (χ3n) is 14.6. The number of ketones is 1. The molecule has 358 valence electrons. The van der Waals surface area contributed by atoms with Gasteiger partial charge in [-0.25, -0.2) is 0 Å². The van der Waals surface area contributed by atoms with Crippen LogP contribution in [0.1, 0.15) is 194 Å². The first-order valence-electron chi connectivity index (χ1n) is 24.8. The van der Waals surface area contributed by atoms with Gasteiger partial charge in [-0.15, -0.1) is 0 Å². The standard InChI is InChI=1S/C51H100O7Si3/c1-38(2)59(39(3)4,40(5)6)56-35-51(36-57-60(41(7)8,42(9)10)43(11)12,37-58-61(44(13)14,45(15)16)46(17)18)33-48(53)28-26-24-22-20-21-23-25-27-31-55-50-32-49(54-19)30-29-47(50)34-52/h29-30,32,38-46,52H,20-28,31,33-37H2,1-19H3. The molecule has 0 amide bonds. The van der Waals surface area contributed by atoms with E-state index in [1.54, 1.807) is 7.11 Å². The van der Waals surface area contributed by atoms with Gasteiger partial charge in [-0.1, -0.05) is 163 Å². The Morgan fingerprint density at radius 2 is 0.885 bits per heavy atom. The van der Waals surface area contributed by atoms with E-state index in [2.05, 4.69) is 125 Å². The molecule has 7 nitrogen and oxygen atoms in total. The molecule has 61 heavy (non-hydrogen) atoms. The fourth-order valence-electron chi connectivity index (χ4n) is 11.7. The van der Waals surface area contributed by atoms with Crippen LogP contribution in [0.25, 0.3) is 0 Å². The van der Waals surface area contributed by atoms with Gasteiger partial charge in [0.15, 0.2) is 25.0 Å². The number of carbonyl (C=O) groups is 1. The summed E-state index contributed by atoms with van der Waals surface area (Å²) < 4.78 is 34.0. The van der Waals surface area contributed by atoms with Crippen molar-refractivity contribution in [2.75, 3.05) is 33.5 Å². The quantitative estimate of drug-likeness (QED) is 0.0545. The second kappa shape index (κ2) is 27.5. The van der Waals surface area contributed by atoms with Gasteiger partial charge < -0.3 is 27.9 Å². The van der Waals surface area contributed by atoms with Gasteiger partial charge in [-0.3, -0.25) is 4.79 Å². The Hall–Kier alpha value is -1.02. The first-order valence-corrected chi connectivity index (χ1v) is 31.2. The van der Waals surface area contributed by atoms with Crippen LogP contribution in [0.5, 0.6) is 11.5 Å². The number of carbonyl (C=O) groups excluding carboxylic acids is 1. The van der Waals surface area contributed by atoms with Gasteiger partial charge in [0.1, 0.15) is 17.3 Å². The van der Waals surface area contributed by atoms with E-state index in [1.807, 2.05) is 18.2 Å². The maximum Gasteiger partial charge on any atom is 0.200 e. The number of methoxy groups -OCH3 is 1. The van der Waals surface area contributed by atoms with Crippen LogP contribution >= 0.6 is 0 Å². The molecule has 0 saturated heterocycles. The maximum atomic E-state index is 14.5. The van der Waals surface area contributed by atoms with Crippen molar-refractivity contribution in [1.82, 2.24) is 0 Å². The molecule has 0 saturated carbocycles. The van der Waals surface area contributed by atoms with Crippen LogP contribution in [0.15, 0.2) is 18.2 Å². The van der Waals surface area contributed by atoms with E-state index in [9.17, 15) is 9.90 Å². The van der Waals surface area contributed by atoms with E-state index >= 15 is 0 Å². The van der Waals surface area contributed by atoms with E-state index < -0.39 is 30.4 Å². The predicted octanol–water partition coefficient (Wildman–Crippen LogP) is 15.6. The summed E-state index contributed by atoms with van der Waals surface area (Å²) in [7, 11) is -5.16. The van der Waals surface area contributed by atoms with Crippen molar-refractivity contribution in [3.05, 3.63) is 23.8 Å². The molecule has 1 aromatic carbocycles. The molecule has 0 heterocycles. The first-order chi connectivity index (χ1) is 28.5. The highest BCUT2D eigenvalue weighted by Crippen LogP contribution is 2.48. The number of ether oxygens (including phenoxy) is 2. The van der Waals surface area contributed by atoms with E-state index in [0.717, 1.165) is 43.4 Å². The highest BCUT2D eigenvalue weighted by molar-refractivity contribution is 6.78. The Bertz CT molecular complexity index is 1200. The van der Waals surface area contributed by atoms with E-state index in [1.165, 1.54) is 19.3 Å². The number of aliphatic hydroxyl groups excluding tert-OH is 1. The van der Waals surface area contributed by atoms with Crippen LogP contribution in [0.4, 0.5) is 0 Å².